The van der Waals surface area contributed by atoms with Crippen molar-refractivity contribution in [2.45, 2.75) is 46.1 Å². The lowest BCUT2D eigenvalue weighted by Gasteiger charge is -2.28. The van der Waals surface area contributed by atoms with E-state index in [9.17, 15) is 14.9 Å². The molecule has 1 heterocycles. The van der Waals surface area contributed by atoms with Crippen LogP contribution in [0.25, 0.3) is 0 Å². The zero-order valence-electron chi connectivity index (χ0n) is 12.5. The highest BCUT2D eigenvalue weighted by atomic mass is 35.5. The molecule has 21 heavy (non-hydrogen) atoms. The van der Waals surface area contributed by atoms with E-state index in [-0.39, 0.29) is 28.4 Å². The summed E-state index contributed by atoms with van der Waals surface area (Å²) in [5.41, 5.74) is -0.149. The van der Waals surface area contributed by atoms with E-state index >= 15 is 0 Å². The van der Waals surface area contributed by atoms with Crippen LogP contribution in [0, 0.1) is 10.1 Å². The smallest absolute Gasteiger partial charge is 0.288 e. The SMILES string of the molecule is CCCCN(C(=O)c1cc([N+](=O)[O-])cnc1Cl)C(C)CC. The Bertz CT molecular complexity index is 522. The lowest BCUT2D eigenvalue weighted by Crippen LogP contribution is -2.39. The van der Waals surface area contributed by atoms with Crippen molar-refractivity contribution in [2.24, 2.45) is 0 Å². The van der Waals surface area contributed by atoms with Gasteiger partial charge < -0.3 is 4.90 Å². The molecule has 0 aliphatic carbocycles. The van der Waals surface area contributed by atoms with Gasteiger partial charge in [0.25, 0.3) is 11.6 Å². The van der Waals surface area contributed by atoms with Gasteiger partial charge >= 0.3 is 0 Å². The fourth-order valence-electron chi connectivity index (χ4n) is 1.91. The standard InChI is InChI=1S/C14H20ClN3O3/c1-4-6-7-17(10(3)5-2)14(19)12-8-11(18(20)21)9-16-13(12)15/h8-10H,4-7H2,1-3H3. The Morgan fingerprint density at radius 1 is 1.52 bits per heavy atom. The third-order valence-corrected chi connectivity index (χ3v) is 3.70. The van der Waals surface area contributed by atoms with Crippen LogP contribution in [0.2, 0.25) is 5.15 Å². The van der Waals surface area contributed by atoms with Crippen LogP contribution < -0.4 is 0 Å². The summed E-state index contributed by atoms with van der Waals surface area (Å²) in [6, 6.07) is 1.23. The summed E-state index contributed by atoms with van der Waals surface area (Å²) in [7, 11) is 0. The highest BCUT2D eigenvalue weighted by molar-refractivity contribution is 6.32. The van der Waals surface area contributed by atoms with Gasteiger partial charge in [0.15, 0.2) is 0 Å². The summed E-state index contributed by atoms with van der Waals surface area (Å²) in [6.07, 6.45) is 3.69. The lowest BCUT2D eigenvalue weighted by atomic mass is 10.1. The molecule has 0 saturated carbocycles. The number of halogens is 1. The lowest BCUT2D eigenvalue weighted by molar-refractivity contribution is -0.385. The summed E-state index contributed by atoms with van der Waals surface area (Å²) in [6.45, 7) is 6.58. The Labute approximate surface area is 129 Å². The molecule has 1 unspecified atom stereocenters. The van der Waals surface area contributed by atoms with Crippen molar-refractivity contribution in [3.63, 3.8) is 0 Å². The first-order valence-corrected chi connectivity index (χ1v) is 7.41. The zero-order valence-corrected chi connectivity index (χ0v) is 13.3. The van der Waals surface area contributed by atoms with Crippen LogP contribution in [0.5, 0.6) is 0 Å². The average Bonchev–Trinajstić information content (AvgIpc) is 2.47. The van der Waals surface area contributed by atoms with Gasteiger partial charge in [-0.15, -0.1) is 0 Å². The molecule has 1 atom stereocenters. The Kier molecular flexibility index (Phi) is 6.55. The molecule has 0 radical (unpaired) electrons. The van der Waals surface area contributed by atoms with E-state index in [1.807, 2.05) is 20.8 Å². The number of carbonyl (C=O) groups is 1. The first-order chi connectivity index (χ1) is 9.92. The Morgan fingerprint density at radius 3 is 2.71 bits per heavy atom. The molecule has 0 N–H and O–H groups in total. The van der Waals surface area contributed by atoms with E-state index in [2.05, 4.69) is 4.98 Å². The predicted octanol–water partition coefficient (Wildman–Crippen LogP) is 3.68. The number of hydrogen-bond donors (Lipinski definition) is 0. The second-order valence-corrected chi connectivity index (χ2v) is 5.26. The number of pyridine rings is 1. The van der Waals surface area contributed by atoms with Crippen molar-refractivity contribution in [2.75, 3.05) is 6.54 Å². The number of aromatic nitrogens is 1. The molecule has 0 aliphatic rings. The largest absolute Gasteiger partial charge is 0.336 e. The molecule has 1 aromatic heterocycles. The normalized spacial score (nSPS) is 12.0. The number of unbranched alkanes of at least 4 members (excludes halogenated alkanes) is 1. The molecule has 0 spiro atoms. The number of nitro groups is 1. The minimum Gasteiger partial charge on any atom is -0.336 e. The van der Waals surface area contributed by atoms with E-state index in [1.54, 1.807) is 4.90 Å². The minimum absolute atomic E-state index is 0.00426. The third kappa shape index (κ3) is 4.39. The molecule has 1 rings (SSSR count). The maximum Gasteiger partial charge on any atom is 0.288 e. The Balaban J connectivity index is 3.12. The average molecular weight is 314 g/mol. The first kappa shape index (κ1) is 17.4. The second kappa shape index (κ2) is 7.93. The van der Waals surface area contributed by atoms with Crippen molar-refractivity contribution >= 4 is 23.2 Å². The summed E-state index contributed by atoms with van der Waals surface area (Å²) in [5, 5.41) is 10.8. The van der Waals surface area contributed by atoms with Crippen LogP contribution in [-0.2, 0) is 0 Å². The van der Waals surface area contributed by atoms with Crippen LogP contribution in [0.3, 0.4) is 0 Å². The van der Waals surface area contributed by atoms with Gasteiger partial charge in [-0.05, 0) is 19.8 Å². The number of rotatable bonds is 7. The number of nitrogens with zero attached hydrogens (tertiary/aromatic N) is 3. The number of amides is 1. The van der Waals surface area contributed by atoms with Crippen molar-refractivity contribution in [1.29, 1.82) is 0 Å². The first-order valence-electron chi connectivity index (χ1n) is 7.03. The van der Waals surface area contributed by atoms with Crippen LogP contribution >= 0.6 is 11.6 Å². The Hall–Kier alpha value is -1.69. The molecule has 116 valence electrons. The van der Waals surface area contributed by atoms with Crippen LogP contribution in [0.1, 0.15) is 50.4 Å². The van der Waals surface area contributed by atoms with Crippen molar-refractivity contribution in [1.82, 2.24) is 9.88 Å². The molecule has 0 bridgehead atoms. The molecule has 1 aromatic rings. The van der Waals surface area contributed by atoms with Gasteiger partial charge in [-0.3, -0.25) is 14.9 Å². The third-order valence-electron chi connectivity index (χ3n) is 3.40. The second-order valence-electron chi connectivity index (χ2n) is 4.90. The van der Waals surface area contributed by atoms with Gasteiger partial charge in [0.05, 0.1) is 10.5 Å². The highest BCUT2D eigenvalue weighted by Gasteiger charge is 2.24. The van der Waals surface area contributed by atoms with Gasteiger partial charge in [0.1, 0.15) is 11.3 Å². The molecule has 0 saturated heterocycles. The summed E-state index contributed by atoms with van der Waals surface area (Å²) in [5.74, 6) is -0.306. The number of hydrogen-bond acceptors (Lipinski definition) is 4. The highest BCUT2D eigenvalue weighted by Crippen LogP contribution is 2.22. The van der Waals surface area contributed by atoms with E-state index < -0.39 is 4.92 Å². The molecule has 0 aliphatic heterocycles. The minimum atomic E-state index is -0.584. The van der Waals surface area contributed by atoms with Crippen LogP contribution in [0.4, 0.5) is 5.69 Å². The van der Waals surface area contributed by atoms with Crippen LogP contribution in [-0.4, -0.2) is 33.3 Å². The fourth-order valence-corrected chi connectivity index (χ4v) is 2.10. The van der Waals surface area contributed by atoms with Gasteiger partial charge in [-0.1, -0.05) is 31.9 Å². The topological polar surface area (TPSA) is 76.3 Å². The van der Waals surface area contributed by atoms with E-state index in [0.29, 0.717) is 6.54 Å². The molecule has 6 nitrogen and oxygen atoms in total. The van der Waals surface area contributed by atoms with Crippen LogP contribution in [0.15, 0.2) is 12.3 Å². The van der Waals surface area contributed by atoms with Gasteiger partial charge in [-0.25, -0.2) is 4.98 Å². The predicted molar refractivity (Wildman–Crippen MR) is 81.6 cm³/mol. The molecule has 0 fully saturated rings. The van der Waals surface area contributed by atoms with Crippen molar-refractivity contribution < 1.29 is 9.72 Å². The monoisotopic (exact) mass is 313 g/mol. The van der Waals surface area contributed by atoms with Gasteiger partial charge in [-0.2, -0.15) is 0 Å². The maximum atomic E-state index is 12.6. The molecule has 1 amide bonds. The molecule has 0 aromatic carbocycles. The van der Waals surface area contributed by atoms with Crippen molar-refractivity contribution in [3.05, 3.63) is 33.1 Å². The summed E-state index contributed by atoms with van der Waals surface area (Å²) in [4.78, 5) is 28.3. The zero-order chi connectivity index (χ0) is 16.0. The Morgan fingerprint density at radius 2 is 2.19 bits per heavy atom. The summed E-state index contributed by atoms with van der Waals surface area (Å²) < 4.78 is 0. The maximum absolute atomic E-state index is 12.6. The van der Waals surface area contributed by atoms with E-state index in [0.717, 1.165) is 25.5 Å². The van der Waals surface area contributed by atoms with Gasteiger partial charge in [0.2, 0.25) is 0 Å². The quantitative estimate of drug-likeness (QED) is 0.437. The number of carbonyl (C=O) groups excluding carboxylic acids is 1. The van der Waals surface area contributed by atoms with E-state index in [1.165, 1.54) is 6.07 Å². The molecule has 7 heteroatoms. The van der Waals surface area contributed by atoms with E-state index in [4.69, 9.17) is 11.6 Å². The van der Waals surface area contributed by atoms with Gasteiger partial charge in [0, 0.05) is 18.7 Å². The molecular formula is C14H20ClN3O3. The van der Waals surface area contributed by atoms with Crippen molar-refractivity contribution in [3.8, 4) is 0 Å². The fraction of sp³-hybridized carbons (Fsp3) is 0.571. The molecular weight excluding hydrogens is 294 g/mol. The summed E-state index contributed by atoms with van der Waals surface area (Å²) >= 11 is 5.94.